The molecule has 0 unspecified atom stereocenters. The molecule has 2 N–H and O–H groups in total. The number of hydrogen-bond acceptors (Lipinski definition) is 4. The van der Waals surface area contributed by atoms with Crippen molar-refractivity contribution in [1.82, 2.24) is 0 Å². The Balaban J connectivity index is 2.31. The third kappa shape index (κ3) is 2.86. The highest BCUT2D eigenvalue weighted by atomic mass is 19.1. The first kappa shape index (κ1) is 15.0. The smallest absolute Gasteiger partial charge is 0.459 e. The topological polar surface area (TPSA) is 66.8 Å². The molecule has 20 heavy (non-hydrogen) atoms. The average Bonchev–Trinajstić information content (AvgIpc) is 3.08. The van der Waals surface area contributed by atoms with Crippen LogP contribution in [0.25, 0.3) is 0 Å². The van der Waals surface area contributed by atoms with Crippen LogP contribution in [0.1, 0.15) is 39.2 Å². The van der Waals surface area contributed by atoms with Gasteiger partial charge in [-0.3, -0.25) is 4.79 Å². The molecule has 4 nitrogen and oxygen atoms in total. The molecule has 1 aromatic rings. The molecule has 108 valence electrons. The lowest BCUT2D eigenvalue weighted by Gasteiger charge is -2.24. The fraction of sp³-hybridized carbons (Fsp3) is 0.500. The summed E-state index contributed by atoms with van der Waals surface area (Å²) in [6, 6.07) is 3.98. The maximum atomic E-state index is 13.5. The standard InChI is InChI=1S/C14H18BFO4/c1-13(2,3)20-12(17)14(6-7-14)9-4-5-11(16)10(8-9)15(18)19/h4-5,8,18-19H,6-7H2,1-3H3. The summed E-state index contributed by atoms with van der Waals surface area (Å²) in [6.07, 6.45) is 1.24. The van der Waals surface area contributed by atoms with Gasteiger partial charge in [-0.2, -0.15) is 0 Å². The molecule has 1 fully saturated rings. The van der Waals surface area contributed by atoms with Crippen LogP contribution < -0.4 is 5.46 Å². The number of halogens is 1. The molecule has 0 aliphatic heterocycles. The largest absolute Gasteiger partial charge is 0.491 e. The molecule has 6 heteroatoms. The Bertz CT molecular complexity index is 532. The molecule has 0 bridgehead atoms. The summed E-state index contributed by atoms with van der Waals surface area (Å²) in [6.45, 7) is 5.36. The van der Waals surface area contributed by atoms with Crippen LogP contribution in [0.3, 0.4) is 0 Å². The zero-order chi connectivity index (χ0) is 15.1. The number of carbonyl (C=O) groups is 1. The molecule has 1 aliphatic carbocycles. The van der Waals surface area contributed by atoms with Crippen molar-refractivity contribution in [3.05, 3.63) is 29.6 Å². The summed E-state index contributed by atoms with van der Waals surface area (Å²) >= 11 is 0. The van der Waals surface area contributed by atoms with E-state index in [0.717, 1.165) is 6.07 Å². The summed E-state index contributed by atoms with van der Waals surface area (Å²) in [5.74, 6) is -1.06. The van der Waals surface area contributed by atoms with Crippen molar-refractivity contribution in [3.63, 3.8) is 0 Å². The van der Waals surface area contributed by atoms with E-state index in [-0.39, 0.29) is 11.4 Å². The van der Waals surface area contributed by atoms with Crippen LogP contribution in [-0.4, -0.2) is 28.7 Å². The first-order valence-corrected chi connectivity index (χ1v) is 6.55. The molecule has 0 amide bonds. The third-order valence-electron chi connectivity index (χ3n) is 3.37. The summed E-state index contributed by atoms with van der Waals surface area (Å²) < 4.78 is 18.9. The number of ether oxygens (including phenoxy) is 1. The lowest BCUT2D eigenvalue weighted by atomic mass is 9.77. The monoisotopic (exact) mass is 280 g/mol. The highest BCUT2D eigenvalue weighted by Gasteiger charge is 2.54. The minimum Gasteiger partial charge on any atom is -0.459 e. The minimum absolute atomic E-state index is 0.225. The van der Waals surface area contributed by atoms with E-state index in [1.165, 1.54) is 12.1 Å². The van der Waals surface area contributed by atoms with Gasteiger partial charge in [-0.15, -0.1) is 0 Å². The SMILES string of the molecule is CC(C)(C)OC(=O)C1(c2ccc(F)c(B(O)O)c2)CC1. The van der Waals surface area contributed by atoms with Crippen molar-refractivity contribution < 1.29 is 24.0 Å². The molecule has 2 rings (SSSR count). The van der Waals surface area contributed by atoms with Crippen LogP contribution in [0.5, 0.6) is 0 Å². The first-order valence-electron chi connectivity index (χ1n) is 6.55. The van der Waals surface area contributed by atoms with Gasteiger partial charge in [0.1, 0.15) is 11.4 Å². The lowest BCUT2D eigenvalue weighted by molar-refractivity contribution is -0.158. The van der Waals surface area contributed by atoms with Crippen molar-refractivity contribution in [3.8, 4) is 0 Å². The van der Waals surface area contributed by atoms with E-state index in [4.69, 9.17) is 14.8 Å². The minimum atomic E-state index is -1.90. The van der Waals surface area contributed by atoms with Gasteiger partial charge in [0.05, 0.1) is 5.41 Å². The fourth-order valence-electron chi connectivity index (χ4n) is 2.15. The van der Waals surface area contributed by atoms with Crippen molar-refractivity contribution in [2.24, 2.45) is 0 Å². The highest BCUT2D eigenvalue weighted by molar-refractivity contribution is 6.58. The van der Waals surface area contributed by atoms with Crippen LogP contribution >= 0.6 is 0 Å². The van der Waals surface area contributed by atoms with E-state index in [2.05, 4.69) is 0 Å². The van der Waals surface area contributed by atoms with E-state index >= 15 is 0 Å². The van der Waals surface area contributed by atoms with Crippen molar-refractivity contribution in [1.29, 1.82) is 0 Å². The second kappa shape index (κ2) is 4.86. The summed E-state index contributed by atoms with van der Waals surface area (Å²) in [4.78, 5) is 12.3. The van der Waals surface area contributed by atoms with E-state index < -0.39 is 24.0 Å². The van der Waals surface area contributed by atoms with Gasteiger partial charge in [0.25, 0.3) is 0 Å². The molecule has 0 saturated heterocycles. The maximum Gasteiger partial charge on any atom is 0.491 e. The van der Waals surface area contributed by atoms with Crippen molar-refractivity contribution in [2.45, 2.75) is 44.6 Å². The molecule has 0 spiro atoms. The Kier molecular flexibility index (Phi) is 3.65. The Morgan fingerprint density at radius 1 is 1.35 bits per heavy atom. The van der Waals surface area contributed by atoms with E-state index in [1.807, 2.05) is 0 Å². The predicted octanol–water partition coefficient (Wildman–Crippen LogP) is 0.879. The molecule has 0 radical (unpaired) electrons. The lowest BCUT2D eigenvalue weighted by Crippen LogP contribution is -2.36. The number of esters is 1. The van der Waals surface area contributed by atoms with Gasteiger partial charge in [-0.05, 0) is 45.2 Å². The highest BCUT2D eigenvalue weighted by Crippen LogP contribution is 2.49. The molecule has 0 atom stereocenters. The van der Waals surface area contributed by atoms with Gasteiger partial charge >= 0.3 is 13.1 Å². The van der Waals surface area contributed by atoms with E-state index in [0.29, 0.717) is 18.4 Å². The molecule has 0 heterocycles. The summed E-state index contributed by atoms with van der Waals surface area (Å²) in [5, 5.41) is 18.3. The molecule has 0 aromatic heterocycles. The van der Waals surface area contributed by atoms with E-state index in [9.17, 15) is 9.18 Å². The van der Waals surface area contributed by atoms with Gasteiger partial charge in [0.15, 0.2) is 0 Å². The van der Waals surface area contributed by atoms with Crippen LogP contribution in [0.4, 0.5) is 4.39 Å². The quantitative estimate of drug-likeness (QED) is 0.637. The second-order valence-electron chi connectivity index (χ2n) is 6.19. The van der Waals surface area contributed by atoms with Crippen LogP contribution in [0.2, 0.25) is 0 Å². The van der Waals surface area contributed by atoms with Gasteiger partial charge < -0.3 is 14.8 Å². The van der Waals surface area contributed by atoms with Crippen LogP contribution in [0.15, 0.2) is 18.2 Å². The van der Waals surface area contributed by atoms with Crippen molar-refractivity contribution in [2.75, 3.05) is 0 Å². The number of rotatable bonds is 3. The van der Waals surface area contributed by atoms with E-state index in [1.54, 1.807) is 20.8 Å². The Labute approximate surface area is 117 Å². The zero-order valence-electron chi connectivity index (χ0n) is 11.8. The Hall–Kier alpha value is -1.40. The van der Waals surface area contributed by atoms with Crippen molar-refractivity contribution >= 4 is 18.6 Å². The average molecular weight is 280 g/mol. The third-order valence-corrected chi connectivity index (χ3v) is 3.37. The first-order chi connectivity index (χ1) is 9.16. The normalized spacial score (nSPS) is 16.7. The predicted molar refractivity (Wildman–Crippen MR) is 73.0 cm³/mol. The summed E-state index contributed by atoms with van der Waals surface area (Å²) in [5.41, 5.74) is -1.02. The Morgan fingerprint density at radius 2 is 1.95 bits per heavy atom. The summed E-state index contributed by atoms with van der Waals surface area (Å²) in [7, 11) is -1.90. The molecular formula is C14H18BFO4. The molecule has 1 aliphatic rings. The Morgan fingerprint density at radius 3 is 2.40 bits per heavy atom. The maximum absolute atomic E-state index is 13.5. The van der Waals surface area contributed by atoms with Gasteiger partial charge in [0, 0.05) is 5.46 Å². The van der Waals surface area contributed by atoms with Gasteiger partial charge in [-0.1, -0.05) is 12.1 Å². The molecule has 1 saturated carbocycles. The fourth-order valence-corrected chi connectivity index (χ4v) is 2.15. The zero-order valence-corrected chi connectivity index (χ0v) is 11.8. The number of hydrogen-bond donors (Lipinski definition) is 2. The molecular weight excluding hydrogens is 262 g/mol. The number of carbonyl (C=O) groups excluding carboxylic acids is 1. The van der Waals surface area contributed by atoms with Crippen LogP contribution in [0, 0.1) is 5.82 Å². The van der Waals surface area contributed by atoms with Gasteiger partial charge in [0.2, 0.25) is 0 Å². The second-order valence-corrected chi connectivity index (χ2v) is 6.19. The van der Waals surface area contributed by atoms with Gasteiger partial charge in [-0.25, -0.2) is 4.39 Å². The van der Waals surface area contributed by atoms with Crippen LogP contribution in [-0.2, 0) is 14.9 Å². The molecule has 1 aromatic carbocycles. The number of benzene rings is 1.